The Morgan fingerprint density at radius 1 is 0.789 bits per heavy atom. The van der Waals surface area contributed by atoms with Crippen LogP contribution in [0.4, 0.5) is 0 Å². The van der Waals surface area contributed by atoms with Gasteiger partial charge in [0.1, 0.15) is 0 Å². The van der Waals surface area contributed by atoms with Gasteiger partial charge in [-0.1, -0.05) is 0 Å². The number of ether oxygens (including phenoxy) is 4. The van der Waals surface area contributed by atoms with Gasteiger partial charge in [-0.25, -0.2) is 0 Å². The van der Waals surface area contributed by atoms with Crippen LogP contribution < -0.4 is 0 Å². The quantitative estimate of drug-likeness (QED) is 0.680. The summed E-state index contributed by atoms with van der Waals surface area (Å²) >= 11 is 0. The molecular formula is C15H22O4. The fourth-order valence-electron chi connectivity index (χ4n) is 4.41. The van der Waals surface area contributed by atoms with E-state index in [-0.39, 0.29) is 11.7 Å². The van der Waals surface area contributed by atoms with Crippen LogP contribution in [0.2, 0.25) is 0 Å². The Hall–Kier alpha value is -0.160. The second kappa shape index (κ2) is 3.94. The molecule has 0 amide bonds. The highest BCUT2D eigenvalue weighted by Crippen LogP contribution is 2.49. The lowest BCUT2D eigenvalue weighted by molar-refractivity contribution is -0.257. The van der Waals surface area contributed by atoms with Crippen molar-refractivity contribution in [3.8, 4) is 0 Å². The highest BCUT2D eigenvalue weighted by atomic mass is 16.7. The van der Waals surface area contributed by atoms with E-state index >= 15 is 0 Å². The molecule has 19 heavy (non-hydrogen) atoms. The fraction of sp³-hybridized carbons (Fsp3) is 1.00. The van der Waals surface area contributed by atoms with E-state index < -0.39 is 0 Å². The van der Waals surface area contributed by atoms with Crippen LogP contribution >= 0.6 is 0 Å². The van der Waals surface area contributed by atoms with Gasteiger partial charge in [-0.15, -0.1) is 0 Å². The second-order valence-electron chi connectivity index (χ2n) is 7.23. The summed E-state index contributed by atoms with van der Waals surface area (Å²) in [7, 11) is 0. The van der Waals surface area contributed by atoms with E-state index in [1.54, 1.807) is 0 Å². The summed E-state index contributed by atoms with van der Waals surface area (Å²) in [5.74, 6) is 0.551. The zero-order valence-electron chi connectivity index (χ0n) is 11.3. The maximum atomic E-state index is 6.11. The van der Waals surface area contributed by atoms with Crippen molar-refractivity contribution >= 4 is 0 Å². The van der Waals surface area contributed by atoms with Crippen molar-refractivity contribution < 1.29 is 18.9 Å². The Morgan fingerprint density at radius 3 is 2.37 bits per heavy atom. The first-order valence-electron chi connectivity index (χ1n) is 7.86. The number of hydrogen-bond acceptors (Lipinski definition) is 4. The Balaban J connectivity index is 1.21. The van der Waals surface area contributed by atoms with Gasteiger partial charge in [-0.05, 0) is 38.5 Å². The smallest absolute Gasteiger partial charge is 0.160 e. The van der Waals surface area contributed by atoms with Crippen LogP contribution in [0, 0.1) is 11.3 Å². The zero-order valence-corrected chi connectivity index (χ0v) is 11.3. The van der Waals surface area contributed by atoms with E-state index in [1.165, 1.54) is 25.7 Å². The molecule has 2 saturated carbocycles. The van der Waals surface area contributed by atoms with Crippen LogP contribution in [0.25, 0.3) is 0 Å². The molecule has 3 heterocycles. The van der Waals surface area contributed by atoms with Gasteiger partial charge in [-0.2, -0.15) is 0 Å². The first-order valence-corrected chi connectivity index (χ1v) is 7.86. The molecule has 2 aliphatic carbocycles. The minimum absolute atomic E-state index is 0.0219. The van der Waals surface area contributed by atoms with Gasteiger partial charge in [0.05, 0.1) is 37.6 Å². The monoisotopic (exact) mass is 266 g/mol. The van der Waals surface area contributed by atoms with Crippen LogP contribution in [-0.2, 0) is 18.9 Å². The lowest BCUT2D eigenvalue weighted by Gasteiger charge is -2.43. The van der Waals surface area contributed by atoms with Crippen LogP contribution in [0.15, 0.2) is 0 Å². The molecule has 0 aromatic rings. The maximum absolute atomic E-state index is 6.11. The lowest BCUT2D eigenvalue weighted by Crippen LogP contribution is -2.47. The van der Waals surface area contributed by atoms with Crippen molar-refractivity contribution in [2.45, 2.75) is 69.2 Å². The molecule has 0 bridgehead atoms. The third-order valence-corrected chi connectivity index (χ3v) is 5.82. The molecule has 5 fully saturated rings. The van der Waals surface area contributed by atoms with Crippen molar-refractivity contribution in [1.29, 1.82) is 0 Å². The Morgan fingerprint density at radius 2 is 1.58 bits per heavy atom. The summed E-state index contributed by atoms with van der Waals surface area (Å²) < 4.78 is 23.5. The number of fused-ring (bicyclic) bond motifs is 2. The molecule has 4 heteroatoms. The topological polar surface area (TPSA) is 43.5 Å². The third-order valence-electron chi connectivity index (χ3n) is 5.82. The van der Waals surface area contributed by atoms with E-state index in [2.05, 4.69) is 0 Å². The molecule has 0 radical (unpaired) electrons. The molecule has 4 nitrogen and oxygen atoms in total. The summed E-state index contributed by atoms with van der Waals surface area (Å²) in [6.07, 6.45) is 9.24. The normalized spacial score (nSPS) is 59.4. The molecule has 5 atom stereocenters. The molecule has 3 saturated heterocycles. The van der Waals surface area contributed by atoms with Gasteiger partial charge >= 0.3 is 0 Å². The first-order chi connectivity index (χ1) is 9.31. The predicted molar refractivity (Wildman–Crippen MR) is 66.6 cm³/mol. The molecule has 1 spiro atoms. The van der Waals surface area contributed by atoms with E-state index in [9.17, 15) is 0 Å². The van der Waals surface area contributed by atoms with Crippen molar-refractivity contribution in [1.82, 2.24) is 0 Å². The van der Waals surface area contributed by atoms with Crippen LogP contribution in [0.5, 0.6) is 0 Å². The highest BCUT2D eigenvalue weighted by molar-refractivity contribution is 5.00. The van der Waals surface area contributed by atoms with Crippen LogP contribution in [0.1, 0.15) is 38.5 Å². The third kappa shape index (κ3) is 1.96. The van der Waals surface area contributed by atoms with Gasteiger partial charge in [0.25, 0.3) is 0 Å². The molecular weight excluding hydrogens is 244 g/mol. The average Bonchev–Trinajstić information content (AvgIpc) is 3.33. The van der Waals surface area contributed by atoms with E-state index in [4.69, 9.17) is 18.9 Å². The average molecular weight is 266 g/mol. The summed E-state index contributed by atoms with van der Waals surface area (Å²) in [5, 5.41) is 0. The number of epoxide rings is 2. The summed E-state index contributed by atoms with van der Waals surface area (Å²) in [5.41, 5.74) is 0.251. The predicted octanol–water partition coefficient (Wildman–Crippen LogP) is 1.86. The second-order valence-corrected chi connectivity index (χ2v) is 7.23. The Kier molecular flexibility index (Phi) is 2.38. The molecule has 0 unspecified atom stereocenters. The van der Waals surface area contributed by atoms with Crippen LogP contribution in [-0.4, -0.2) is 43.9 Å². The van der Waals surface area contributed by atoms with E-state index in [1.807, 2.05) is 0 Å². The van der Waals surface area contributed by atoms with Gasteiger partial charge in [0.15, 0.2) is 6.29 Å². The maximum Gasteiger partial charge on any atom is 0.160 e. The summed E-state index contributed by atoms with van der Waals surface area (Å²) in [6, 6.07) is 0. The minimum atomic E-state index is 0.0219. The summed E-state index contributed by atoms with van der Waals surface area (Å²) in [6.45, 7) is 1.74. The Bertz CT molecular complexity index is 376. The van der Waals surface area contributed by atoms with E-state index in [0.717, 1.165) is 26.1 Å². The molecule has 106 valence electrons. The van der Waals surface area contributed by atoms with Crippen LogP contribution in [0.3, 0.4) is 0 Å². The molecule has 0 N–H and O–H groups in total. The molecule has 0 aromatic heterocycles. The first kappa shape index (κ1) is 11.5. The minimum Gasteiger partial charge on any atom is -0.370 e. The van der Waals surface area contributed by atoms with Gasteiger partial charge < -0.3 is 18.9 Å². The van der Waals surface area contributed by atoms with Gasteiger partial charge in [0.2, 0.25) is 0 Å². The number of rotatable bonds is 1. The van der Waals surface area contributed by atoms with Crippen molar-refractivity contribution in [2.24, 2.45) is 11.3 Å². The zero-order chi connectivity index (χ0) is 12.4. The summed E-state index contributed by atoms with van der Waals surface area (Å²) in [4.78, 5) is 0. The van der Waals surface area contributed by atoms with Crippen molar-refractivity contribution in [2.75, 3.05) is 13.2 Å². The SMILES string of the molecule is C1C[C@@H]2O[C@@H]2C[C@@H]1C1OCC2(CC[C@@H]3O[C@H]3C2)CO1. The molecule has 0 aromatic carbocycles. The highest BCUT2D eigenvalue weighted by Gasteiger charge is 2.53. The standard InChI is InChI=1S/C15H22O4/c1-2-10-12(18-10)5-9(1)14-16-7-15(8-17-14)4-3-11-13(6-15)19-11/h9-14H,1-8H2/t9-,10+,11+,12-,13+,14?,15?/m1/s1. The van der Waals surface area contributed by atoms with Gasteiger partial charge in [0, 0.05) is 11.3 Å². The number of hydrogen-bond donors (Lipinski definition) is 0. The van der Waals surface area contributed by atoms with Crippen molar-refractivity contribution in [3.63, 3.8) is 0 Å². The molecule has 3 aliphatic heterocycles. The van der Waals surface area contributed by atoms with Gasteiger partial charge in [-0.3, -0.25) is 0 Å². The Labute approximate surface area is 113 Å². The molecule has 5 aliphatic rings. The van der Waals surface area contributed by atoms with E-state index in [0.29, 0.717) is 30.3 Å². The van der Waals surface area contributed by atoms with Crippen molar-refractivity contribution in [3.05, 3.63) is 0 Å². The fourth-order valence-corrected chi connectivity index (χ4v) is 4.41. The largest absolute Gasteiger partial charge is 0.370 e. The lowest BCUT2D eigenvalue weighted by atomic mass is 9.74. The molecule has 5 rings (SSSR count).